The van der Waals surface area contributed by atoms with Gasteiger partial charge in [-0.1, -0.05) is 17.3 Å². The third kappa shape index (κ3) is 7.12. The summed E-state index contributed by atoms with van der Waals surface area (Å²) in [4.78, 5) is 0.710. The fourth-order valence-corrected chi connectivity index (χ4v) is 2.66. The second-order valence-corrected chi connectivity index (χ2v) is 7.13. The summed E-state index contributed by atoms with van der Waals surface area (Å²) in [5.41, 5.74) is -1.43. The minimum Gasteiger partial charge on any atom is -0.497 e. The SMILES string of the molecule is COc1ccc(S(=O)(=O)O)cc1.CSc1ccc(C(=NO)C(F)(F)F)cc1. The number of alkyl halides is 3. The Morgan fingerprint density at radius 2 is 1.59 bits per heavy atom. The van der Waals surface area contributed by atoms with Crippen LogP contribution < -0.4 is 4.74 Å². The zero-order valence-corrected chi connectivity index (χ0v) is 15.8. The van der Waals surface area contributed by atoms with Gasteiger partial charge in [0.1, 0.15) is 5.75 Å². The van der Waals surface area contributed by atoms with Gasteiger partial charge in [0.25, 0.3) is 10.1 Å². The normalized spacial score (nSPS) is 12.1. The summed E-state index contributed by atoms with van der Waals surface area (Å²) in [5.74, 6) is 0.544. The predicted molar refractivity (Wildman–Crippen MR) is 95.4 cm³/mol. The van der Waals surface area contributed by atoms with E-state index in [0.29, 0.717) is 5.75 Å². The molecular formula is C16H16F3NO5S2. The lowest BCUT2D eigenvalue weighted by atomic mass is 10.1. The summed E-state index contributed by atoms with van der Waals surface area (Å²) in [6, 6.07) is 11.1. The van der Waals surface area contributed by atoms with Crippen LogP contribution >= 0.6 is 11.8 Å². The average molecular weight is 423 g/mol. The summed E-state index contributed by atoms with van der Waals surface area (Å²) in [5, 5.41) is 10.6. The molecule has 0 fully saturated rings. The van der Waals surface area contributed by atoms with Crippen molar-refractivity contribution in [2.45, 2.75) is 16.0 Å². The second kappa shape index (κ2) is 9.62. The molecule has 0 aliphatic heterocycles. The molecule has 27 heavy (non-hydrogen) atoms. The highest BCUT2D eigenvalue weighted by Gasteiger charge is 2.37. The molecule has 0 saturated heterocycles. The predicted octanol–water partition coefficient (Wildman–Crippen LogP) is 4.09. The lowest BCUT2D eigenvalue weighted by molar-refractivity contribution is -0.0601. The fraction of sp³-hybridized carbons (Fsp3) is 0.188. The molecule has 0 amide bonds. The zero-order valence-electron chi connectivity index (χ0n) is 14.1. The molecule has 0 heterocycles. The van der Waals surface area contributed by atoms with E-state index >= 15 is 0 Å². The highest BCUT2D eigenvalue weighted by molar-refractivity contribution is 7.98. The summed E-state index contributed by atoms with van der Waals surface area (Å²) in [6.45, 7) is 0. The Morgan fingerprint density at radius 1 is 1.07 bits per heavy atom. The first-order chi connectivity index (χ1) is 12.5. The monoisotopic (exact) mass is 423 g/mol. The molecule has 0 aromatic heterocycles. The van der Waals surface area contributed by atoms with Gasteiger partial charge in [-0.25, -0.2) is 0 Å². The van der Waals surface area contributed by atoms with Crippen molar-refractivity contribution in [3.05, 3.63) is 54.1 Å². The molecule has 2 aromatic carbocycles. The van der Waals surface area contributed by atoms with Crippen LogP contribution in [0.3, 0.4) is 0 Å². The molecule has 11 heteroatoms. The number of hydrogen-bond acceptors (Lipinski definition) is 6. The zero-order chi connectivity index (χ0) is 20.7. The third-order valence-corrected chi connectivity index (χ3v) is 4.70. The van der Waals surface area contributed by atoms with Crippen molar-refractivity contribution in [3.63, 3.8) is 0 Å². The van der Waals surface area contributed by atoms with Crippen LogP contribution in [0.15, 0.2) is 63.5 Å². The molecular weight excluding hydrogens is 407 g/mol. The van der Waals surface area contributed by atoms with Crippen LogP contribution in [-0.4, -0.2) is 43.4 Å². The number of ether oxygens (including phenoxy) is 1. The number of rotatable bonds is 4. The maximum absolute atomic E-state index is 12.3. The van der Waals surface area contributed by atoms with Gasteiger partial charge >= 0.3 is 6.18 Å². The number of halogens is 3. The highest BCUT2D eigenvalue weighted by atomic mass is 32.2. The van der Waals surface area contributed by atoms with Gasteiger partial charge in [-0.3, -0.25) is 4.55 Å². The number of thioether (sulfide) groups is 1. The highest BCUT2D eigenvalue weighted by Crippen LogP contribution is 2.24. The van der Waals surface area contributed by atoms with Gasteiger partial charge in [0.15, 0.2) is 5.71 Å². The molecule has 0 spiro atoms. The van der Waals surface area contributed by atoms with Crippen molar-refractivity contribution >= 4 is 27.6 Å². The van der Waals surface area contributed by atoms with Crippen molar-refractivity contribution < 1.29 is 36.1 Å². The Bertz CT molecular complexity index is 864. The van der Waals surface area contributed by atoms with Crippen LogP contribution in [0, 0.1) is 0 Å². The smallest absolute Gasteiger partial charge is 0.437 e. The lowest BCUT2D eigenvalue weighted by Crippen LogP contribution is -2.23. The van der Waals surface area contributed by atoms with Gasteiger partial charge in [-0.15, -0.1) is 11.8 Å². The van der Waals surface area contributed by atoms with E-state index in [2.05, 4.69) is 5.16 Å². The lowest BCUT2D eigenvalue weighted by Gasteiger charge is -2.08. The number of nitrogens with zero attached hydrogens (tertiary/aromatic N) is 1. The maximum Gasteiger partial charge on any atom is 0.437 e. The summed E-state index contributed by atoms with van der Waals surface area (Å²) < 4.78 is 71.4. The number of benzene rings is 2. The van der Waals surface area contributed by atoms with Gasteiger partial charge in [0.05, 0.1) is 12.0 Å². The van der Waals surface area contributed by atoms with E-state index in [0.717, 1.165) is 4.90 Å². The average Bonchev–Trinajstić information content (AvgIpc) is 2.61. The van der Waals surface area contributed by atoms with E-state index in [1.165, 1.54) is 67.4 Å². The molecule has 2 aromatic rings. The van der Waals surface area contributed by atoms with Crippen LogP contribution in [0.4, 0.5) is 13.2 Å². The summed E-state index contributed by atoms with van der Waals surface area (Å²) >= 11 is 1.42. The summed E-state index contributed by atoms with van der Waals surface area (Å²) in [7, 11) is -2.61. The molecule has 148 valence electrons. The molecule has 0 atom stereocenters. The van der Waals surface area contributed by atoms with Crippen molar-refractivity contribution in [3.8, 4) is 5.75 Å². The van der Waals surface area contributed by atoms with Crippen molar-refractivity contribution in [2.24, 2.45) is 5.16 Å². The minimum atomic E-state index is -4.64. The Balaban J connectivity index is 0.000000277. The van der Waals surface area contributed by atoms with Crippen LogP contribution in [-0.2, 0) is 10.1 Å². The molecule has 2 rings (SSSR count). The van der Waals surface area contributed by atoms with E-state index < -0.39 is 22.0 Å². The largest absolute Gasteiger partial charge is 0.497 e. The van der Waals surface area contributed by atoms with Crippen LogP contribution in [0.2, 0.25) is 0 Å². The standard InChI is InChI=1S/C9H8F3NOS.C7H8O4S/c1-15-7-4-2-6(3-5-7)8(13-14)9(10,11)12;1-11-6-2-4-7(5-3-6)12(8,9)10/h2-5,14H,1H3;2-5H,1H3,(H,8,9,10). The number of methoxy groups -OCH3 is 1. The maximum atomic E-state index is 12.3. The number of oxime groups is 1. The van der Waals surface area contributed by atoms with Gasteiger partial charge in [0.2, 0.25) is 0 Å². The third-order valence-electron chi connectivity index (χ3n) is 3.09. The van der Waals surface area contributed by atoms with E-state index in [-0.39, 0.29) is 10.5 Å². The van der Waals surface area contributed by atoms with E-state index in [9.17, 15) is 21.6 Å². The molecule has 0 unspecified atom stereocenters. The van der Waals surface area contributed by atoms with Gasteiger partial charge in [0, 0.05) is 10.5 Å². The molecule has 0 aliphatic carbocycles. The van der Waals surface area contributed by atoms with E-state index in [1.54, 1.807) is 0 Å². The van der Waals surface area contributed by atoms with E-state index in [1.807, 2.05) is 6.26 Å². The van der Waals surface area contributed by atoms with Crippen molar-refractivity contribution in [2.75, 3.05) is 13.4 Å². The van der Waals surface area contributed by atoms with Gasteiger partial charge in [-0.05, 0) is 42.7 Å². The van der Waals surface area contributed by atoms with Gasteiger partial charge in [-0.2, -0.15) is 21.6 Å². The topological polar surface area (TPSA) is 96.2 Å². The van der Waals surface area contributed by atoms with Gasteiger partial charge < -0.3 is 9.94 Å². The van der Waals surface area contributed by atoms with Crippen LogP contribution in [0.1, 0.15) is 5.56 Å². The van der Waals surface area contributed by atoms with Crippen LogP contribution in [0.25, 0.3) is 0 Å². The summed E-state index contributed by atoms with van der Waals surface area (Å²) in [6.07, 6.45) is -2.82. The Labute approximate surface area is 158 Å². The molecule has 6 nitrogen and oxygen atoms in total. The molecule has 0 bridgehead atoms. The fourth-order valence-electron chi connectivity index (χ4n) is 1.77. The molecule has 0 saturated carbocycles. The number of hydrogen-bond donors (Lipinski definition) is 2. The van der Waals surface area contributed by atoms with E-state index in [4.69, 9.17) is 14.5 Å². The van der Waals surface area contributed by atoms with Crippen LogP contribution in [0.5, 0.6) is 5.75 Å². The Hall–Kier alpha value is -2.24. The van der Waals surface area contributed by atoms with Crippen molar-refractivity contribution in [1.29, 1.82) is 0 Å². The molecule has 2 N–H and O–H groups in total. The molecule has 0 aliphatic rings. The first-order valence-electron chi connectivity index (χ1n) is 7.08. The minimum absolute atomic E-state index is 0.136. The quantitative estimate of drug-likeness (QED) is 0.253. The first-order valence-corrected chi connectivity index (χ1v) is 9.74. The second-order valence-electron chi connectivity index (χ2n) is 4.83. The first kappa shape index (κ1) is 22.8. The Kier molecular flexibility index (Phi) is 8.13. The Morgan fingerprint density at radius 3 is 1.93 bits per heavy atom. The molecule has 0 radical (unpaired) electrons. The van der Waals surface area contributed by atoms with Crippen molar-refractivity contribution in [1.82, 2.24) is 0 Å².